The Hall–Kier alpha value is -0.840. The topological polar surface area (TPSA) is 46.9 Å². The number of halogens is 1. The summed E-state index contributed by atoms with van der Waals surface area (Å²) < 4.78 is 2.21. The summed E-state index contributed by atoms with van der Waals surface area (Å²) in [6.45, 7) is 3.84. The van der Waals surface area contributed by atoms with Crippen LogP contribution in [0.2, 0.25) is 0 Å². The van der Waals surface area contributed by atoms with Crippen LogP contribution in [0.4, 0.5) is 0 Å². The first-order valence-electron chi connectivity index (χ1n) is 4.01. The summed E-state index contributed by atoms with van der Waals surface area (Å²) in [4.78, 5) is 11.5. The van der Waals surface area contributed by atoms with Crippen molar-refractivity contribution in [3.05, 3.63) is 16.4 Å². The molecule has 0 atom stereocenters. The minimum atomic E-state index is -0.101. The number of nitrogens with one attached hydrogen (secondary N) is 1. The number of carbonyl (C=O) groups excluding carboxylic acids is 1. The zero-order chi connectivity index (χ0) is 10.0. The fourth-order valence-electron chi connectivity index (χ4n) is 0.981. The molecule has 4 nitrogen and oxygen atoms in total. The summed E-state index contributed by atoms with van der Waals surface area (Å²) in [5.74, 6) is -0.101. The van der Waals surface area contributed by atoms with Gasteiger partial charge < -0.3 is 5.32 Å². The quantitative estimate of drug-likeness (QED) is 0.855. The van der Waals surface area contributed by atoms with E-state index in [-0.39, 0.29) is 11.9 Å². The van der Waals surface area contributed by atoms with E-state index < -0.39 is 0 Å². The molecule has 0 aliphatic carbocycles. The van der Waals surface area contributed by atoms with E-state index in [0.29, 0.717) is 10.3 Å². The fraction of sp³-hybridized carbons (Fsp3) is 0.500. The van der Waals surface area contributed by atoms with Gasteiger partial charge in [-0.1, -0.05) is 0 Å². The van der Waals surface area contributed by atoms with Crippen LogP contribution in [0.5, 0.6) is 0 Å². The number of aromatic nitrogens is 2. The Labute approximate surface area is 85.4 Å². The normalized spacial score (nSPS) is 10.5. The number of rotatable bonds is 2. The van der Waals surface area contributed by atoms with Crippen molar-refractivity contribution in [2.45, 2.75) is 19.9 Å². The van der Waals surface area contributed by atoms with E-state index in [1.165, 1.54) is 0 Å². The van der Waals surface area contributed by atoms with Crippen LogP contribution in [0.3, 0.4) is 0 Å². The van der Waals surface area contributed by atoms with Gasteiger partial charge in [0.25, 0.3) is 5.91 Å². The molecule has 0 unspecified atom stereocenters. The molecule has 0 spiro atoms. The predicted molar refractivity (Wildman–Crippen MR) is 53.5 cm³/mol. The SMILES string of the molecule is CC(C)NC(=O)c1cc(Br)nn1C. The molecule has 13 heavy (non-hydrogen) atoms. The van der Waals surface area contributed by atoms with Gasteiger partial charge in [0, 0.05) is 19.2 Å². The van der Waals surface area contributed by atoms with Gasteiger partial charge in [0.1, 0.15) is 10.3 Å². The number of hydrogen-bond donors (Lipinski definition) is 1. The lowest BCUT2D eigenvalue weighted by atomic mass is 10.3. The first-order valence-corrected chi connectivity index (χ1v) is 4.80. The van der Waals surface area contributed by atoms with Gasteiger partial charge in [-0.15, -0.1) is 0 Å². The van der Waals surface area contributed by atoms with Crippen molar-refractivity contribution in [2.24, 2.45) is 7.05 Å². The van der Waals surface area contributed by atoms with Crippen molar-refractivity contribution in [3.63, 3.8) is 0 Å². The van der Waals surface area contributed by atoms with Crippen LogP contribution in [-0.2, 0) is 7.05 Å². The monoisotopic (exact) mass is 245 g/mol. The average molecular weight is 246 g/mol. The van der Waals surface area contributed by atoms with E-state index in [2.05, 4.69) is 26.3 Å². The van der Waals surface area contributed by atoms with Crippen molar-refractivity contribution in [2.75, 3.05) is 0 Å². The van der Waals surface area contributed by atoms with E-state index in [9.17, 15) is 4.79 Å². The van der Waals surface area contributed by atoms with Gasteiger partial charge in [0.05, 0.1) is 0 Å². The molecule has 0 aliphatic heterocycles. The zero-order valence-electron chi connectivity index (χ0n) is 7.84. The van der Waals surface area contributed by atoms with E-state index in [1.807, 2.05) is 13.8 Å². The van der Waals surface area contributed by atoms with Crippen molar-refractivity contribution in [1.29, 1.82) is 0 Å². The van der Waals surface area contributed by atoms with Gasteiger partial charge in [-0.3, -0.25) is 9.48 Å². The standard InChI is InChI=1S/C8H12BrN3O/c1-5(2)10-8(13)6-4-7(9)11-12(6)3/h4-5H,1-3H3,(H,10,13). The summed E-state index contributed by atoms with van der Waals surface area (Å²) in [7, 11) is 1.74. The maximum Gasteiger partial charge on any atom is 0.269 e. The molecule has 0 aliphatic rings. The molecule has 1 aromatic heterocycles. The molecule has 1 amide bonds. The van der Waals surface area contributed by atoms with Crippen molar-refractivity contribution >= 4 is 21.8 Å². The third kappa shape index (κ3) is 2.55. The lowest BCUT2D eigenvalue weighted by molar-refractivity contribution is 0.0933. The van der Waals surface area contributed by atoms with Gasteiger partial charge in [-0.2, -0.15) is 5.10 Å². The Balaban J connectivity index is 2.82. The maximum atomic E-state index is 11.5. The second kappa shape index (κ2) is 3.91. The van der Waals surface area contributed by atoms with Crippen LogP contribution in [-0.4, -0.2) is 21.7 Å². The molecule has 0 bridgehead atoms. The first-order chi connectivity index (χ1) is 6.00. The minimum Gasteiger partial charge on any atom is -0.349 e. The third-order valence-corrected chi connectivity index (χ3v) is 1.89. The molecule has 0 radical (unpaired) electrons. The smallest absolute Gasteiger partial charge is 0.269 e. The van der Waals surface area contributed by atoms with E-state index in [4.69, 9.17) is 0 Å². The second-order valence-electron chi connectivity index (χ2n) is 3.10. The summed E-state index contributed by atoms with van der Waals surface area (Å²) in [6.07, 6.45) is 0. The molecule has 0 aromatic carbocycles. The van der Waals surface area contributed by atoms with Gasteiger partial charge in [0.2, 0.25) is 0 Å². The highest BCUT2D eigenvalue weighted by Crippen LogP contribution is 2.09. The number of hydrogen-bond acceptors (Lipinski definition) is 2. The zero-order valence-corrected chi connectivity index (χ0v) is 9.42. The van der Waals surface area contributed by atoms with Crippen LogP contribution in [0.1, 0.15) is 24.3 Å². The molecule has 0 saturated heterocycles. The highest BCUT2D eigenvalue weighted by molar-refractivity contribution is 9.10. The maximum absolute atomic E-state index is 11.5. The highest BCUT2D eigenvalue weighted by Gasteiger charge is 2.12. The average Bonchev–Trinajstić information content (AvgIpc) is 2.28. The van der Waals surface area contributed by atoms with Crippen molar-refractivity contribution in [3.8, 4) is 0 Å². The highest BCUT2D eigenvalue weighted by atomic mass is 79.9. The lowest BCUT2D eigenvalue weighted by Crippen LogP contribution is -2.31. The van der Waals surface area contributed by atoms with Crippen LogP contribution in [0.25, 0.3) is 0 Å². The Morgan fingerprint density at radius 2 is 2.31 bits per heavy atom. The summed E-state index contributed by atoms with van der Waals surface area (Å²) in [5, 5.41) is 6.80. The Morgan fingerprint density at radius 3 is 2.69 bits per heavy atom. The van der Waals surface area contributed by atoms with Crippen LogP contribution >= 0.6 is 15.9 Å². The Kier molecular flexibility index (Phi) is 3.08. The molecule has 1 N–H and O–H groups in total. The predicted octanol–water partition coefficient (Wildman–Crippen LogP) is 1.32. The molecule has 5 heteroatoms. The third-order valence-electron chi connectivity index (χ3n) is 1.50. The van der Waals surface area contributed by atoms with Gasteiger partial charge >= 0.3 is 0 Å². The summed E-state index contributed by atoms with van der Waals surface area (Å²) in [6, 6.07) is 1.83. The molecule has 72 valence electrons. The van der Waals surface area contributed by atoms with Crippen LogP contribution in [0, 0.1) is 0 Å². The van der Waals surface area contributed by atoms with Gasteiger partial charge in [-0.05, 0) is 29.8 Å². The fourth-order valence-corrected chi connectivity index (χ4v) is 1.44. The molecule has 1 rings (SSSR count). The Morgan fingerprint density at radius 1 is 1.69 bits per heavy atom. The number of aryl methyl sites for hydroxylation is 1. The van der Waals surface area contributed by atoms with E-state index in [1.54, 1.807) is 17.8 Å². The minimum absolute atomic E-state index is 0.101. The first kappa shape index (κ1) is 10.2. The molecule has 1 heterocycles. The summed E-state index contributed by atoms with van der Waals surface area (Å²) >= 11 is 3.21. The Bertz CT molecular complexity index is 319. The molecule has 0 saturated carbocycles. The molecule has 0 fully saturated rings. The lowest BCUT2D eigenvalue weighted by Gasteiger charge is -2.07. The van der Waals surface area contributed by atoms with Crippen molar-refractivity contribution in [1.82, 2.24) is 15.1 Å². The van der Waals surface area contributed by atoms with Crippen molar-refractivity contribution < 1.29 is 4.79 Å². The molecular formula is C8H12BrN3O. The molecular weight excluding hydrogens is 234 g/mol. The van der Waals surface area contributed by atoms with E-state index in [0.717, 1.165) is 0 Å². The largest absolute Gasteiger partial charge is 0.349 e. The number of carbonyl (C=O) groups is 1. The number of nitrogens with zero attached hydrogens (tertiary/aromatic N) is 2. The second-order valence-corrected chi connectivity index (χ2v) is 3.92. The van der Waals surface area contributed by atoms with E-state index >= 15 is 0 Å². The molecule has 1 aromatic rings. The number of amides is 1. The van der Waals surface area contributed by atoms with Crippen LogP contribution in [0.15, 0.2) is 10.7 Å². The van der Waals surface area contributed by atoms with Gasteiger partial charge in [0.15, 0.2) is 0 Å². The summed E-state index contributed by atoms with van der Waals surface area (Å²) in [5.41, 5.74) is 0.556. The van der Waals surface area contributed by atoms with Gasteiger partial charge in [-0.25, -0.2) is 0 Å². The van der Waals surface area contributed by atoms with Crippen LogP contribution < -0.4 is 5.32 Å².